The zero-order chi connectivity index (χ0) is 53.4. The molecule has 4 aliphatic carbocycles. The van der Waals surface area contributed by atoms with Crippen molar-refractivity contribution in [3.8, 4) is 28.0 Å². The monoisotopic (exact) mass is 1010 g/mol. The van der Waals surface area contributed by atoms with Gasteiger partial charge in [-0.2, -0.15) is 0 Å². The predicted molar refractivity (Wildman–Crippen MR) is 323 cm³/mol. The molecule has 0 saturated heterocycles. The zero-order valence-corrected chi connectivity index (χ0v) is 46.2. The third-order valence-electron chi connectivity index (χ3n) is 18.6. The fourth-order valence-electron chi connectivity index (χ4n) is 15.4. The highest BCUT2D eigenvalue weighted by Gasteiger charge is 2.65. The largest absolute Gasteiger partial charge is 0.477 e. The van der Waals surface area contributed by atoms with Gasteiger partial charge in [-0.15, -0.1) is 0 Å². The smallest absolute Gasteiger partial charge is 0.166 e. The Bertz CT molecular complexity index is 4300. The first-order valence-electron chi connectivity index (χ1n) is 27.7. The van der Waals surface area contributed by atoms with Crippen LogP contribution >= 0.6 is 0 Å². The van der Waals surface area contributed by atoms with Gasteiger partial charge in [0.1, 0.15) is 11.3 Å². The van der Waals surface area contributed by atoms with Gasteiger partial charge >= 0.3 is 0 Å². The molecule has 10 aromatic rings. The summed E-state index contributed by atoms with van der Waals surface area (Å²) in [6, 6.07) is 64.5. The van der Waals surface area contributed by atoms with Crippen molar-refractivity contribution in [3.05, 3.63) is 272 Å². The Morgan fingerprint density at radius 1 is 0.410 bits per heavy atom. The van der Waals surface area contributed by atoms with E-state index >= 15 is 0 Å². The Kier molecular flexibility index (Phi) is 9.57. The fraction of sp³-hybridized carbons (Fsp3) is 0.189. The van der Waals surface area contributed by atoms with Crippen LogP contribution in [0.25, 0.3) is 45.0 Å². The summed E-state index contributed by atoms with van der Waals surface area (Å²) in [4.78, 5) is 5.09. The number of nitrogens with zero attached hydrogens (tertiary/aromatic N) is 2. The van der Waals surface area contributed by atoms with E-state index in [1.807, 2.05) is 0 Å². The first-order chi connectivity index (χ1) is 37.6. The topological polar surface area (TPSA) is 28.9 Å². The molecule has 0 radical (unpaired) electrons. The maximum Gasteiger partial charge on any atom is 0.166 e. The van der Waals surface area contributed by atoms with Crippen molar-refractivity contribution >= 4 is 51.2 Å². The molecule has 0 fully saturated rings. The second-order valence-electron chi connectivity index (χ2n) is 24.1. The fourth-order valence-corrected chi connectivity index (χ4v) is 15.4. The molecule has 15 rings (SSSR count). The second kappa shape index (κ2) is 16.0. The molecule has 78 heavy (non-hydrogen) atoms. The number of hydrogen-bond acceptors (Lipinski definition) is 4. The van der Waals surface area contributed by atoms with Crippen LogP contribution in [0.4, 0.5) is 28.4 Å². The average molecular weight is 1010 g/mol. The molecule has 1 aromatic heterocycles. The zero-order valence-electron chi connectivity index (χ0n) is 46.2. The summed E-state index contributed by atoms with van der Waals surface area (Å²) >= 11 is 0. The van der Waals surface area contributed by atoms with Crippen LogP contribution in [0.1, 0.15) is 111 Å². The average Bonchev–Trinajstić information content (AvgIpc) is 2.74. The highest BCUT2D eigenvalue weighted by molar-refractivity contribution is 5.99. The van der Waals surface area contributed by atoms with Gasteiger partial charge in [0, 0.05) is 50.5 Å². The van der Waals surface area contributed by atoms with Crippen LogP contribution in [0.15, 0.2) is 193 Å². The van der Waals surface area contributed by atoms with Crippen LogP contribution < -0.4 is 14.5 Å². The van der Waals surface area contributed by atoms with Crippen LogP contribution in [-0.2, 0) is 16.2 Å². The van der Waals surface area contributed by atoms with Crippen LogP contribution in [-0.4, -0.2) is 5.60 Å². The Balaban J connectivity index is 1.00. The van der Waals surface area contributed by atoms with Crippen molar-refractivity contribution < 1.29 is 9.15 Å². The maximum atomic E-state index is 7.83. The lowest BCUT2D eigenvalue weighted by atomic mass is 9.54. The van der Waals surface area contributed by atoms with E-state index in [9.17, 15) is 0 Å². The van der Waals surface area contributed by atoms with Crippen LogP contribution in [0.3, 0.4) is 0 Å². The van der Waals surface area contributed by atoms with E-state index in [2.05, 4.69) is 267 Å². The van der Waals surface area contributed by atoms with E-state index in [1.54, 1.807) is 6.26 Å². The number of rotatable bonds is 6. The first-order valence-corrected chi connectivity index (χ1v) is 27.7. The normalized spacial score (nSPS) is 18.8. The SMILES string of the molecule is Cc1cc(C)c(N(C2=CC34C=Cc5ccc(N(c6ccc7c(c6)C(C)(C)c6ccccc6-7)c6c(C)cc(C)cc6C)cc5C3(c3cc5ccoc5cc3O4)c3ccccc32)c2ccc3c(c2)C(C)(C)c2ccccc2-3)c(C)c1. The number of anilines is 5. The van der Waals surface area contributed by atoms with Gasteiger partial charge in [-0.1, -0.05) is 160 Å². The van der Waals surface area contributed by atoms with Crippen molar-refractivity contribution in [2.45, 2.75) is 91.1 Å². The van der Waals surface area contributed by atoms with Crippen molar-refractivity contribution in [2.24, 2.45) is 0 Å². The predicted octanol–water partition coefficient (Wildman–Crippen LogP) is 19.1. The number of benzene rings is 9. The summed E-state index contributed by atoms with van der Waals surface area (Å²) in [6.45, 7) is 23.0. The molecular formula is C74H62N2O2. The van der Waals surface area contributed by atoms with Crippen molar-refractivity contribution in [3.63, 3.8) is 0 Å². The molecular weight excluding hydrogens is 949 g/mol. The molecule has 0 saturated carbocycles. The highest BCUT2D eigenvalue weighted by atomic mass is 16.5. The van der Waals surface area contributed by atoms with E-state index in [0.29, 0.717) is 0 Å². The Morgan fingerprint density at radius 2 is 0.897 bits per heavy atom. The number of furan rings is 1. The number of fused-ring (bicyclic) bond motifs is 10. The van der Waals surface area contributed by atoms with Gasteiger partial charge < -0.3 is 19.0 Å². The number of aryl methyl sites for hydroxylation is 6. The minimum atomic E-state index is -1.01. The molecule has 2 unspecified atom stereocenters. The molecule has 0 bridgehead atoms. The minimum absolute atomic E-state index is 0.173. The lowest BCUT2D eigenvalue weighted by Crippen LogP contribution is -2.55. The van der Waals surface area contributed by atoms with Gasteiger partial charge in [-0.3, -0.25) is 0 Å². The molecule has 5 aliphatic rings. The molecule has 4 nitrogen and oxygen atoms in total. The summed E-state index contributed by atoms with van der Waals surface area (Å²) in [7, 11) is 0. The van der Waals surface area contributed by atoms with E-state index in [4.69, 9.17) is 9.15 Å². The van der Waals surface area contributed by atoms with Crippen molar-refractivity contribution in [2.75, 3.05) is 9.80 Å². The van der Waals surface area contributed by atoms with Crippen LogP contribution in [0.2, 0.25) is 0 Å². The van der Waals surface area contributed by atoms with Gasteiger partial charge in [0.2, 0.25) is 0 Å². The summed E-state index contributed by atoms with van der Waals surface area (Å²) in [5.74, 6) is 0.821. The quantitative estimate of drug-likeness (QED) is 0.166. The van der Waals surface area contributed by atoms with E-state index in [-0.39, 0.29) is 10.8 Å². The van der Waals surface area contributed by atoms with Crippen LogP contribution in [0.5, 0.6) is 5.75 Å². The molecule has 2 atom stereocenters. The van der Waals surface area contributed by atoms with Crippen LogP contribution in [0, 0.1) is 41.5 Å². The molecule has 1 aliphatic heterocycles. The molecule has 9 aromatic carbocycles. The lowest BCUT2D eigenvalue weighted by molar-refractivity contribution is 0.151. The minimum Gasteiger partial charge on any atom is -0.477 e. The first kappa shape index (κ1) is 46.7. The molecule has 2 heterocycles. The van der Waals surface area contributed by atoms with Crippen molar-refractivity contribution in [1.82, 2.24) is 0 Å². The second-order valence-corrected chi connectivity index (χ2v) is 24.1. The van der Waals surface area contributed by atoms with Gasteiger partial charge in [0.05, 0.1) is 28.7 Å². The molecule has 4 heteroatoms. The Hall–Kier alpha value is -8.60. The number of hydrogen-bond donors (Lipinski definition) is 0. The van der Waals surface area contributed by atoms with Gasteiger partial charge in [-0.05, 0) is 186 Å². The third-order valence-corrected chi connectivity index (χ3v) is 18.6. The maximum absolute atomic E-state index is 7.83. The van der Waals surface area contributed by atoms with E-state index in [1.165, 1.54) is 100 Å². The molecule has 380 valence electrons. The number of ether oxygens (including phenoxy) is 1. The highest BCUT2D eigenvalue weighted by Crippen LogP contribution is 2.66. The summed E-state index contributed by atoms with van der Waals surface area (Å²) in [5, 5.41) is 1.05. The summed E-state index contributed by atoms with van der Waals surface area (Å²) in [6.07, 6.45) is 8.94. The lowest BCUT2D eigenvalue weighted by Gasteiger charge is -2.50. The standard InChI is InChI=1S/C74H62N2O2/c1-43-33-45(3)69(46(4)34-43)75(52-25-27-56-54-17-11-14-20-59(54)71(7,8)63(56)39-52)51-24-23-49-29-31-73-42-66(58-19-13-16-22-61(58)74(73,62(49)38-51)65-37-50-30-32-77-67(50)41-68(65)78-73)76(70-47(5)35-44(2)36-48(70)6)53-26-28-57-55-18-12-15-21-60(55)72(9,10)64(57)40-53/h11-42H,1-10H3. The van der Waals surface area contributed by atoms with Crippen molar-refractivity contribution in [1.29, 1.82) is 0 Å². The molecule has 0 spiro atoms. The molecule has 0 N–H and O–H groups in total. The Labute approximate surface area is 458 Å². The summed E-state index contributed by atoms with van der Waals surface area (Å²) in [5.41, 5.74) is 29.3. The van der Waals surface area contributed by atoms with Gasteiger partial charge in [0.15, 0.2) is 5.60 Å². The van der Waals surface area contributed by atoms with E-state index < -0.39 is 11.0 Å². The summed E-state index contributed by atoms with van der Waals surface area (Å²) < 4.78 is 14.0. The third kappa shape index (κ3) is 6.12. The Morgan fingerprint density at radius 3 is 1.49 bits per heavy atom. The molecule has 0 amide bonds. The van der Waals surface area contributed by atoms with Gasteiger partial charge in [0.25, 0.3) is 0 Å². The van der Waals surface area contributed by atoms with E-state index in [0.717, 1.165) is 56.2 Å². The van der Waals surface area contributed by atoms with Gasteiger partial charge in [-0.25, -0.2) is 0 Å².